The lowest BCUT2D eigenvalue weighted by Gasteiger charge is -2.42. The van der Waals surface area contributed by atoms with Gasteiger partial charge in [0.25, 0.3) is 0 Å². The summed E-state index contributed by atoms with van der Waals surface area (Å²) in [5.74, 6) is 0.289. The normalized spacial score (nSPS) is 19.1. The largest absolute Gasteiger partial charge is 0.493 e. The van der Waals surface area contributed by atoms with Crippen LogP contribution in [0.4, 0.5) is 4.39 Å². The lowest BCUT2D eigenvalue weighted by molar-refractivity contribution is -0.136. The number of sulfonamides is 1. The smallest absolute Gasteiger partial charge is 0.243 e. The lowest BCUT2D eigenvalue weighted by atomic mass is 9.76. The van der Waals surface area contributed by atoms with E-state index in [1.54, 1.807) is 24.3 Å². The second kappa shape index (κ2) is 10.6. The first-order valence-corrected chi connectivity index (χ1v) is 13.5. The molecule has 2 saturated heterocycles. The Kier molecular flexibility index (Phi) is 7.80. The van der Waals surface area contributed by atoms with Gasteiger partial charge in [-0.2, -0.15) is 4.31 Å². The van der Waals surface area contributed by atoms with Crippen LogP contribution in [0, 0.1) is 11.2 Å². The van der Waals surface area contributed by atoms with Crippen LogP contribution in [-0.2, 0) is 14.8 Å². The van der Waals surface area contributed by atoms with E-state index in [1.807, 2.05) is 4.90 Å². The van der Waals surface area contributed by atoms with Crippen molar-refractivity contribution in [3.05, 3.63) is 59.4 Å². The minimum Gasteiger partial charge on any atom is -0.493 e. The predicted octanol–water partition coefficient (Wildman–Crippen LogP) is 4.73. The van der Waals surface area contributed by atoms with Crippen LogP contribution in [-0.4, -0.2) is 56.3 Å². The number of nitrogens with zero attached hydrogens (tertiary/aromatic N) is 2. The Labute approximate surface area is 205 Å². The molecule has 4 rings (SSSR count). The number of halogens is 2. The maximum absolute atomic E-state index is 13.3. The van der Waals surface area contributed by atoms with E-state index < -0.39 is 21.3 Å². The molecule has 0 atom stereocenters. The second-order valence-electron chi connectivity index (χ2n) is 9.22. The quantitative estimate of drug-likeness (QED) is 0.542. The average Bonchev–Trinajstić information content (AvgIpc) is 2.85. The van der Waals surface area contributed by atoms with Gasteiger partial charge in [-0.25, -0.2) is 12.8 Å². The molecule has 6 nitrogen and oxygen atoms in total. The monoisotopic (exact) mass is 508 g/mol. The molecule has 0 radical (unpaired) electrons. The Hall–Kier alpha value is -2.16. The number of carbonyl (C=O) groups is 1. The Balaban J connectivity index is 1.48. The molecule has 2 fully saturated rings. The van der Waals surface area contributed by atoms with E-state index in [1.165, 1.54) is 16.4 Å². The molecule has 34 heavy (non-hydrogen) atoms. The number of likely N-dealkylation sites (tertiary alicyclic amines) is 1. The summed E-state index contributed by atoms with van der Waals surface area (Å²) in [4.78, 5) is 15.1. The Morgan fingerprint density at radius 2 is 1.56 bits per heavy atom. The summed E-state index contributed by atoms with van der Waals surface area (Å²) in [5.41, 5.74) is -0.469. The highest BCUT2D eigenvalue weighted by atomic mass is 35.5. The highest BCUT2D eigenvalue weighted by Gasteiger charge is 2.41. The van der Waals surface area contributed by atoms with Crippen LogP contribution in [0.15, 0.2) is 53.4 Å². The zero-order chi connectivity index (χ0) is 24.2. The van der Waals surface area contributed by atoms with E-state index in [0.29, 0.717) is 36.6 Å². The third-order valence-electron chi connectivity index (χ3n) is 6.83. The van der Waals surface area contributed by atoms with E-state index >= 15 is 0 Å². The molecule has 0 unspecified atom stereocenters. The molecular formula is C25H30ClFN2O4S. The zero-order valence-electron chi connectivity index (χ0n) is 19.1. The van der Waals surface area contributed by atoms with Crippen LogP contribution in [0.25, 0.3) is 0 Å². The Bertz CT molecular complexity index is 1080. The molecule has 2 heterocycles. The van der Waals surface area contributed by atoms with Crippen LogP contribution < -0.4 is 4.74 Å². The summed E-state index contributed by atoms with van der Waals surface area (Å²) in [5, 5.41) is 0.613. The fourth-order valence-corrected chi connectivity index (χ4v) is 6.24. The third kappa shape index (κ3) is 5.90. The third-order valence-corrected chi connectivity index (χ3v) is 8.99. The van der Waals surface area contributed by atoms with Gasteiger partial charge in [-0.1, -0.05) is 11.6 Å². The number of hydrogen-bond acceptors (Lipinski definition) is 4. The first-order valence-electron chi connectivity index (χ1n) is 11.7. The van der Waals surface area contributed by atoms with Crippen molar-refractivity contribution in [2.45, 2.75) is 43.4 Å². The van der Waals surface area contributed by atoms with Gasteiger partial charge in [-0.3, -0.25) is 4.79 Å². The van der Waals surface area contributed by atoms with E-state index in [2.05, 4.69) is 0 Å². The molecule has 184 valence electrons. The number of hydrogen-bond donors (Lipinski definition) is 0. The standard InChI is InChI=1S/C25H30ClFN2O4S/c26-20-4-8-22(9-5-20)33-19-25(18-24(30)28-14-2-1-3-15-28)12-16-29(17-13-25)34(31,32)23-10-6-21(27)7-11-23/h4-11H,1-3,12-19H2. The molecular weight excluding hydrogens is 479 g/mol. The molecule has 9 heteroatoms. The number of piperidine rings is 2. The van der Waals surface area contributed by atoms with Gasteiger partial charge in [0.2, 0.25) is 15.9 Å². The number of carbonyl (C=O) groups excluding carboxylic acids is 1. The molecule has 2 aromatic rings. The first kappa shape index (κ1) is 24.9. The lowest BCUT2D eigenvalue weighted by Crippen LogP contribution is -2.48. The summed E-state index contributed by atoms with van der Waals surface area (Å²) in [7, 11) is -3.73. The summed E-state index contributed by atoms with van der Waals surface area (Å²) in [6, 6.07) is 12.0. The van der Waals surface area contributed by atoms with E-state index in [9.17, 15) is 17.6 Å². The molecule has 0 aliphatic carbocycles. The number of ether oxygens (including phenoxy) is 1. The topological polar surface area (TPSA) is 66.9 Å². The predicted molar refractivity (Wildman–Crippen MR) is 129 cm³/mol. The minimum atomic E-state index is -3.73. The van der Waals surface area contributed by atoms with Crippen LogP contribution in [0.1, 0.15) is 38.5 Å². The maximum atomic E-state index is 13.3. The fourth-order valence-electron chi connectivity index (χ4n) is 4.67. The van der Waals surface area contributed by atoms with Crippen molar-refractivity contribution in [2.24, 2.45) is 5.41 Å². The highest BCUT2D eigenvalue weighted by molar-refractivity contribution is 7.89. The van der Waals surface area contributed by atoms with Crippen LogP contribution >= 0.6 is 11.6 Å². The van der Waals surface area contributed by atoms with Crippen molar-refractivity contribution in [1.82, 2.24) is 9.21 Å². The van der Waals surface area contributed by atoms with Gasteiger partial charge in [0.05, 0.1) is 11.5 Å². The van der Waals surface area contributed by atoms with Crippen molar-refractivity contribution < 1.29 is 22.3 Å². The molecule has 1 amide bonds. The fraction of sp³-hybridized carbons (Fsp3) is 0.480. The van der Waals surface area contributed by atoms with Crippen molar-refractivity contribution in [1.29, 1.82) is 0 Å². The SMILES string of the molecule is O=C(CC1(COc2ccc(Cl)cc2)CCN(S(=O)(=O)c2ccc(F)cc2)CC1)N1CCCCC1. The highest BCUT2D eigenvalue weighted by Crippen LogP contribution is 2.38. The van der Waals surface area contributed by atoms with Gasteiger partial charge in [-0.05, 0) is 80.6 Å². The van der Waals surface area contributed by atoms with Crippen molar-refractivity contribution in [2.75, 3.05) is 32.8 Å². The summed E-state index contributed by atoms with van der Waals surface area (Å²) in [6.45, 7) is 2.42. The van der Waals surface area contributed by atoms with E-state index in [0.717, 1.165) is 44.5 Å². The average molecular weight is 509 g/mol. The molecule has 0 saturated carbocycles. The van der Waals surface area contributed by atoms with Gasteiger partial charge >= 0.3 is 0 Å². The molecule has 0 spiro atoms. The van der Waals surface area contributed by atoms with Gasteiger partial charge in [0.1, 0.15) is 11.6 Å². The first-order chi connectivity index (χ1) is 16.3. The maximum Gasteiger partial charge on any atom is 0.243 e. The Morgan fingerprint density at radius 3 is 2.18 bits per heavy atom. The van der Waals surface area contributed by atoms with Gasteiger partial charge in [0, 0.05) is 43.0 Å². The molecule has 0 aromatic heterocycles. The van der Waals surface area contributed by atoms with Gasteiger partial charge in [0.15, 0.2) is 0 Å². The molecule has 2 aliphatic rings. The molecule has 2 aromatic carbocycles. The van der Waals surface area contributed by atoms with Crippen LogP contribution in [0.5, 0.6) is 5.75 Å². The van der Waals surface area contributed by atoms with Crippen molar-refractivity contribution >= 4 is 27.5 Å². The minimum absolute atomic E-state index is 0.0724. The molecule has 0 N–H and O–H groups in total. The summed E-state index contributed by atoms with van der Waals surface area (Å²) >= 11 is 5.97. The number of amides is 1. The summed E-state index contributed by atoms with van der Waals surface area (Å²) < 4.78 is 46.9. The van der Waals surface area contributed by atoms with Crippen LogP contribution in [0.2, 0.25) is 5.02 Å². The molecule has 0 bridgehead atoms. The second-order valence-corrected chi connectivity index (χ2v) is 11.6. The molecule has 2 aliphatic heterocycles. The van der Waals surface area contributed by atoms with Crippen molar-refractivity contribution in [3.63, 3.8) is 0 Å². The van der Waals surface area contributed by atoms with Crippen LogP contribution in [0.3, 0.4) is 0 Å². The van der Waals surface area contributed by atoms with Gasteiger partial charge < -0.3 is 9.64 Å². The number of benzene rings is 2. The summed E-state index contributed by atoms with van der Waals surface area (Å²) in [6.07, 6.45) is 4.50. The Morgan fingerprint density at radius 1 is 0.941 bits per heavy atom. The zero-order valence-corrected chi connectivity index (χ0v) is 20.7. The number of rotatable bonds is 7. The van der Waals surface area contributed by atoms with E-state index in [-0.39, 0.29) is 23.9 Å². The van der Waals surface area contributed by atoms with Gasteiger partial charge in [-0.15, -0.1) is 0 Å². The van der Waals surface area contributed by atoms with E-state index in [4.69, 9.17) is 16.3 Å². The van der Waals surface area contributed by atoms with Crippen molar-refractivity contribution in [3.8, 4) is 5.75 Å².